The lowest BCUT2D eigenvalue weighted by atomic mass is 9.83. The molecular formula is C57H42N2. The highest BCUT2D eigenvalue weighted by atomic mass is 15.0. The Morgan fingerprint density at radius 3 is 1.69 bits per heavy atom. The van der Waals surface area contributed by atoms with Crippen LogP contribution in [-0.2, 0) is 6.42 Å². The Morgan fingerprint density at radius 2 is 1.02 bits per heavy atom. The molecule has 0 atom stereocenters. The molecule has 0 radical (unpaired) electrons. The van der Waals surface area contributed by atoms with Gasteiger partial charge in [-0.3, -0.25) is 0 Å². The Balaban J connectivity index is 1.11. The van der Waals surface area contributed by atoms with Crippen molar-refractivity contribution in [1.82, 2.24) is 4.57 Å². The van der Waals surface area contributed by atoms with Gasteiger partial charge in [0.05, 0.1) is 5.69 Å². The number of fused-ring (bicyclic) bond motifs is 5. The molecule has 0 saturated heterocycles. The zero-order valence-corrected chi connectivity index (χ0v) is 33.0. The molecule has 0 bridgehead atoms. The normalized spacial score (nSPS) is 12.6. The summed E-state index contributed by atoms with van der Waals surface area (Å²) in [4.78, 5) is 0. The van der Waals surface area contributed by atoms with Crippen molar-refractivity contribution in [2.45, 2.75) is 19.8 Å². The van der Waals surface area contributed by atoms with Crippen LogP contribution in [0.3, 0.4) is 0 Å². The fourth-order valence-electron chi connectivity index (χ4n) is 9.86. The molecule has 0 unspecified atom stereocenters. The molecule has 11 rings (SSSR count). The molecule has 10 aromatic rings. The van der Waals surface area contributed by atoms with Gasteiger partial charge in [0, 0.05) is 28.1 Å². The van der Waals surface area contributed by atoms with Crippen LogP contribution < -0.4 is 5.73 Å². The first-order chi connectivity index (χ1) is 29.2. The second kappa shape index (κ2) is 14.2. The van der Waals surface area contributed by atoms with Gasteiger partial charge in [-0.2, -0.15) is 0 Å². The van der Waals surface area contributed by atoms with Gasteiger partial charge in [-0.1, -0.05) is 176 Å². The summed E-state index contributed by atoms with van der Waals surface area (Å²) in [7, 11) is 0. The maximum absolute atomic E-state index is 5.95. The molecule has 1 aliphatic rings. The minimum atomic E-state index is 0.999. The number of nitrogens with two attached hydrogens (primary N) is 1. The van der Waals surface area contributed by atoms with E-state index >= 15 is 0 Å². The monoisotopic (exact) mass is 754 g/mol. The average Bonchev–Trinajstić information content (AvgIpc) is 3.58. The van der Waals surface area contributed by atoms with Crippen molar-refractivity contribution < 1.29 is 0 Å². The van der Waals surface area contributed by atoms with Gasteiger partial charge in [0.1, 0.15) is 0 Å². The fourth-order valence-corrected chi connectivity index (χ4v) is 9.86. The largest absolute Gasteiger partial charge is 0.405 e. The number of hydrogen-bond acceptors (Lipinski definition) is 1. The van der Waals surface area contributed by atoms with Crippen LogP contribution in [0.4, 0.5) is 0 Å². The first-order valence-electron chi connectivity index (χ1n) is 20.6. The third kappa shape index (κ3) is 5.63. The summed E-state index contributed by atoms with van der Waals surface area (Å²) in [5.74, 6) is 0. The summed E-state index contributed by atoms with van der Waals surface area (Å²) in [6.45, 7) is 2.21. The van der Waals surface area contributed by atoms with Crippen LogP contribution in [-0.4, -0.2) is 4.57 Å². The number of benzene rings is 9. The minimum Gasteiger partial charge on any atom is -0.405 e. The van der Waals surface area contributed by atoms with Crippen molar-refractivity contribution in [3.8, 4) is 50.2 Å². The lowest BCUT2D eigenvalue weighted by Crippen LogP contribution is -2.06. The van der Waals surface area contributed by atoms with E-state index in [0.717, 1.165) is 12.8 Å². The molecule has 0 saturated carbocycles. The second-order valence-electron chi connectivity index (χ2n) is 15.7. The van der Waals surface area contributed by atoms with Gasteiger partial charge in [0.15, 0.2) is 0 Å². The summed E-state index contributed by atoms with van der Waals surface area (Å²) in [5.41, 5.74) is 22.0. The maximum Gasteiger partial charge on any atom is 0.0533 e. The third-order valence-corrected chi connectivity index (χ3v) is 12.5. The van der Waals surface area contributed by atoms with Gasteiger partial charge < -0.3 is 10.3 Å². The predicted octanol–water partition coefficient (Wildman–Crippen LogP) is 15.0. The smallest absolute Gasteiger partial charge is 0.0533 e. The van der Waals surface area contributed by atoms with Gasteiger partial charge >= 0.3 is 0 Å². The topological polar surface area (TPSA) is 30.9 Å². The number of rotatable bonds is 6. The lowest BCUT2D eigenvalue weighted by molar-refractivity contribution is 0.858. The maximum atomic E-state index is 5.95. The van der Waals surface area contributed by atoms with Crippen molar-refractivity contribution in [3.63, 3.8) is 0 Å². The summed E-state index contributed by atoms with van der Waals surface area (Å²) >= 11 is 0. The van der Waals surface area contributed by atoms with Crippen molar-refractivity contribution in [2.24, 2.45) is 5.73 Å². The van der Waals surface area contributed by atoms with E-state index in [9.17, 15) is 0 Å². The predicted molar refractivity (Wildman–Crippen MR) is 253 cm³/mol. The van der Waals surface area contributed by atoms with Crippen LogP contribution >= 0.6 is 0 Å². The molecule has 0 amide bonds. The van der Waals surface area contributed by atoms with Crippen LogP contribution in [0.5, 0.6) is 0 Å². The SMILES string of the molecule is Cc1c(/C=C\N)c2c(n1-c1ccccc1-c1ccc(-c3ccc4c(-c5cccc6ccccc56)c5ccccc5c(-c5cccc6ccccc56)c4c3)cc1)CCC=C2. The molecule has 1 aromatic heterocycles. The van der Waals surface area contributed by atoms with Crippen LogP contribution in [0.15, 0.2) is 188 Å². The quantitative estimate of drug-likeness (QED) is 0.168. The van der Waals surface area contributed by atoms with E-state index < -0.39 is 0 Å². The molecule has 2 heteroatoms. The van der Waals surface area contributed by atoms with Crippen LogP contribution in [0, 0.1) is 6.92 Å². The molecule has 1 aliphatic carbocycles. The van der Waals surface area contributed by atoms with E-state index in [1.807, 2.05) is 6.08 Å². The summed E-state index contributed by atoms with van der Waals surface area (Å²) < 4.78 is 2.45. The number of hydrogen-bond donors (Lipinski definition) is 1. The zero-order valence-electron chi connectivity index (χ0n) is 33.0. The minimum absolute atomic E-state index is 0.999. The molecule has 280 valence electrons. The molecule has 0 fully saturated rings. The molecule has 59 heavy (non-hydrogen) atoms. The van der Waals surface area contributed by atoms with Gasteiger partial charge in [-0.25, -0.2) is 0 Å². The standard InChI is InChI=1S/C57H42N2/c1-37-43(34-35-58)47-21-9-11-27-55(47)59(37)54-26-10-8-20-46(54)41-30-28-38(29-31-41)42-32-33-52-53(36-42)57(49-25-13-17-40-15-3-5-19-45(40)49)51-23-7-6-22-50(51)56(52)48-24-12-16-39-14-2-4-18-44(39)48/h2-10,12-26,28-36H,11,27,58H2,1H3/b35-34-. The van der Waals surface area contributed by atoms with E-state index in [-0.39, 0.29) is 0 Å². The zero-order chi connectivity index (χ0) is 39.5. The summed E-state index contributed by atoms with van der Waals surface area (Å²) in [6.07, 6.45) is 10.3. The molecule has 2 N–H and O–H groups in total. The lowest BCUT2D eigenvalue weighted by Gasteiger charge is -2.20. The van der Waals surface area contributed by atoms with E-state index in [1.54, 1.807) is 6.20 Å². The molecule has 1 heterocycles. The van der Waals surface area contributed by atoms with E-state index in [2.05, 4.69) is 200 Å². The number of para-hydroxylation sites is 1. The Hall–Kier alpha value is -7.42. The summed E-state index contributed by atoms with van der Waals surface area (Å²) in [6, 6.07) is 65.0. The first-order valence-corrected chi connectivity index (χ1v) is 20.6. The van der Waals surface area contributed by atoms with Gasteiger partial charge in [0.25, 0.3) is 0 Å². The van der Waals surface area contributed by atoms with Crippen molar-refractivity contribution in [2.75, 3.05) is 0 Å². The third-order valence-electron chi connectivity index (χ3n) is 12.5. The van der Waals surface area contributed by atoms with Gasteiger partial charge in [-0.05, 0) is 126 Å². The average molecular weight is 755 g/mol. The Morgan fingerprint density at radius 1 is 0.492 bits per heavy atom. The highest BCUT2D eigenvalue weighted by Crippen LogP contribution is 2.48. The molecule has 9 aromatic carbocycles. The Bertz CT molecular complexity index is 3330. The number of nitrogens with zero attached hydrogens (tertiary/aromatic N) is 1. The van der Waals surface area contributed by atoms with Gasteiger partial charge in [-0.15, -0.1) is 0 Å². The summed E-state index contributed by atoms with van der Waals surface area (Å²) in [5, 5.41) is 10.0. The van der Waals surface area contributed by atoms with E-state index in [4.69, 9.17) is 5.73 Å². The highest BCUT2D eigenvalue weighted by Gasteiger charge is 2.23. The number of allylic oxidation sites excluding steroid dienone is 1. The highest BCUT2D eigenvalue weighted by molar-refractivity contribution is 6.25. The first kappa shape index (κ1) is 34.8. The van der Waals surface area contributed by atoms with E-state index in [1.165, 1.54) is 116 Å². The molecule has 2 nitrogen and oxygen atoms in total. The van der Waals surface area contributed by atoms with Crippen molar-refractivity contribution in [3.05, 3.63) is 211 Å². The Kier molecular flexibility index (Phi) is 8.37. The van der Waals surface area contributed by atoms with Crippen molar-refractivity contribution >= 4 is 55.2 Å². The fraction of sp³-hybridized carbons (Fsp3) is 0.0526. The molecule has 0 aliphatic heterocycles. The molecule has 0 spiro atoms. The van der Waals surface area contributed by atoms with Crippen LogP contribution in [0.1, 0.15) is 28.9 Å². The van der Waals surface area contributed by atoms with Crippen LogP contribution in [0.2, 0.25) is 0 Å². The van der Waals surface area contributed by atoms with Crippen LogP contribution in [0.25, 0.3) is 105 Å². The van der Waals surface area contributed by atoms with Crippen molar-refractivity contribution in [1.29, 1.82) is 0 Å². The number of aromatic nitrogens is 1. The van der Waals surface area contributed by atoms with E-state index in [0.29, 0.717) is 0 Å². The second-order valence-corrected chi connectivity index (χ2v) is 15.7. The molecular weight excluding hydrogens is 713 g/mol. The van der Waals surface area contributed by atoms with Gasteiger partial charge in [0.2, 0.25) is 0 Å². The Labute approximate surface area is 344 Å².